The highest BCUT2D eigenvalue weighted by molar-refractivity contribution is 5.71. The molecule has 1 aliphatic heterocycles. The lowest BCUT2D eigenvalue weighted by Crippen LogP contribution is -2.43. The van der Waals surface area contributed by atoms with Crippen LogP contribution in [0.3, 0.4) is 0 Å². The Kier molecular flexibility index (Phi) is 2.35. The number of aryl methyl sites for hydroxylation is 1. The second-order valence-corrected chi connectivity index (χ2v) is 3.34. The molecule has 0 bridgehead atoms. The van der Waals surface area contributed by atoms with E-state index in [1.807, 2.05) is 6.92 Å². The second kappa shape index (κ2) is 3.65. The summed E-state index contributed by atoms with van der Waals surface area (Å²) in [6.45, 7) is 3.48. The SMILES string of the molecule is Cc1cc(OC(=O)N2CCC2)ccn1. The minimum absolute atomic E-state index is 0.262. The Morgan fingerprint density at radius 1 is 1.57 bits per heavy atom. The van der Waals surface area contributed by atoms with Gasteiger partial charge in [0, 0.05) is 31.0 Å². The molecule has 4 heteroatoms. The van der Waals surface area contributed by atoms with E-state index < -0.39 is 0 Å². The first-order valence-corrected chi connectivity index (χ1v) is 4.65. The number of nitrogens with zero attached hydrogens (tertiary/aromatic N) is 2. The highest BCUT2D eigenvalue weighted by atomic mass is 16.6. The van der Waals surface area contributed by atoms with E-state index in [1.54, 1.807) is 23.2 Å². The van der Waals surface area contributed by atoms with Crippen LogP contribution in [0.2, 0.25) is 0 Å². The zero-order chi connectivity index (χ0) is 9.97. The van der Waals surface area contributed by atoms with E-state index in [2.05, 4.69) is 4.98 Å². The molecular formula is C10H12N2O2. The zero-order valence-corrected chi connectivity index (χ0v) is 8.06. The molecule has 0 atom stereocenters. The van der Waals surface area contributed by atoms with Gasteiger partial charge in [-0.3, -0.25) is 4.98 Å². The minimum atomic E-state index is -0.262. The van der Waals surface area contributed by atoms with Crippen molar-refractivity contribution >= 4 is 6.09 Å². The summed E-state index contributed by atoms with van der Waals surface area (Å²) in [5.74, 6) is 0.564. The molecule has 0 radical (unpaired) electrons. The molecule has 1 aromatic rings. The molecule has 74 valence electrons. The Balaban J connectivity index is 1.99. The van der Waals surface area contributed by atoms with Crippen LogP contribution in [0.15, 0.2) is 18.3 Å². The van der Waals surface area contributed by atoms with Gasteiger partial charge in [0.25, 0.3) is 0 Å². The quantitative estimate of drug-likeness (QED) is 0.678. The minimum Gasteiger partial charge on any atom is -0.410 e. The van der Waals surface area contributed by atoms with Gasteiger partial charge in [0.15, 0.2) is 0 Å². The zero-order valence-electron chi connectivity index (χ0n) is 8.06. The highest BCUT2D eigenvalue weighted by Crippen LogP contribution is 2.14. The molecule has 1 saturated heterocycles. The second-order valence-electron chi connectivity index (χ2n) is 3.34. The third-order valence-corrected chi connectivity index (χ3v) is 2.19. The highest BCUT2D eigenvalue weighted by Gasteiger charge is 2.21. The van der Waals surface area contributed by atoms with E-state index in [0.717, 1.165) is 25.2 Å². The van der Waals surface area contributed by atoms with Crippen LogP contribution in [0.4, 0.5) is 4.79 Å². The first-order valence-electron chi connectivity index (χ1n) is 4.65. The molecule has 1 aromatic heterocycles. The van der Waals surface area contributed by atoms with E-state index in [9.17, 15) is 4.79 Å². The molecule has 2 heterocycles. The van der Waals surface area contributed by atoms with Crippen molar-refractivity contribution in [2.45, 2.75) is 13.3 Å². The summed E-state index contributed by atoms with van der Waals surface area (Å²) in [7, 11) is 0. The molecule has 0 aliphatic carbocycles. The molecule has 0 unspecified atom stereocenters. The third kappa shape index (κ3) is 1.84. The lowest BCUT2D eigenvalue weighted by Gasteiger charge is -2.29. The molecule has 0 spiro atoms. The summed E-state index contributed by atoms with van der Waals surface area (Å²) >= 11 is 0. The smallest absolute Gasteiger partial charge is 0.410 e. The van der Waals surface area contributed by atoms with Gasteiger partial charge in [-0.1, -0.05) is 0 Å². The molecule has 1 aliphatic rings. The number of carbonyl (C=O) groups excluding carboxylic acids is 1. The van der Waals surface area contributed by atoms with Crippen molar-refractivity contribution in [3.8, 4) is 5.75 Å². The molecule has 0 N–H and O–H groups in total. The van der Waals surface area contributed by atoms with E-state index in [4.69, 9.17) is 4.74 Å². The fraction of sp³-hybridized carbons (Fsp3) is 0.400. The van der Waals surface area contributed by atoms with Crippen LogP contribution in [0.5, 0.6) is 5.75 Å². The lowest BCUT2D eigenvalue weighted by atomic mass is 10.2. The molecule has 2 rings (SSSR count). The maximum atomic E-state index is 11.4. The maximum Gasteiger partial charge on any atom is 0.415 e. The number of hydrogen-bond acceptors (Lipinski definition) is 3. The predicted molar refractivity (Wildman–Crippen MR) is 51.2 cm³/mol. The van der Waals surface area contributed by atoms with Gasteiger partial charge in [0.05, 0.1) is 0 Å². The predicted octanol–water partition coefficient (Wildman–Crippen LogP) is 1.59. The number of amides is 1. The van der Waals surface area contributed by atoms with Crippen molar-refractivity contribution in [1.29, 1.82) is 0 Å². The summed E-state index contributed by atoms with van der Waals surface area (Å²) in [5.41, 5.74) is 0.846. The van der Waals surface area contributed by atoms with Crippen LogP contribution < -0.4 is 4.74 Å². The molecular weight excluding hydrogens is 180 g/mol. The Morgan fingerprint density at radius 3 is 2.93 bits per heavy atom. The molecule has 14 heavy (non-hydrogen) atoms. The fourth-order valence-corrected chi connectivity index (χ4v) is 1.25. The van der Waals surface area contributed by atoms with E-state index in [0.29, 0.717) is 5.75 Å². The average Bonchev–Trinajstić information content (AvgIpc) is 1.99. The van der Waals surface area contributed by atoms with Crippen LogP contribution in [-0.2, 0) is 0 Å². The van der Waals surface area contributed by atoms with Crippen LogP contribution in [0.25, 0.3) is 0 Å². The molecule has 0 aromatic carbocycles. The lowest BCUT2D eigenvalue weighted by molar-refractivity contribution is 0.125. The Labute approximate surface area is 82.5 Å². The van der Waals surface area contributed by atoms with Crippen molar-refractivity contribution in [3.63, 3.8) is 0 Å². The Bertz CT molecular complexity index is 348. The normalized spacial score (nSPS) is 14.8. The number of aromatic nitrogens is 1. The molecule has 1 amide bonds. The van der Waals surface area contributed by atoms with Crippen molar-refractivity contribution in [2.24, 2.45) is 0 Å². The summed E-state index contributed by atoms with van der Waals surface area (Å²) in [6.07, 6.45) is 2.44. The molecule has 1 fully saturated rings. The van der Waals surface area contributed by atoms with Crippen molar-refractivity contribution < 1.29 is 9.53 Å². The van der Waals surface area contributed by atoms with Crippen LogP contribution in [0, 0.1) is 6.92 Å². The van der Waals surface area contributed by atoms with Gasteiger partial charge in [-0.15, -0.1) is 0 Å². The van der Waals surface area contributed by atoms with E-state index >= 15 is 0 Å². The monoisotopic (exact) mass is 192 g/mol. The summed E-state index contributed by atoms with van der Waals surface area (Å²) in [6, 6.07) is 3.43. The third-order valence-electron chi connectivity index (χ3n) is 2.19. The largest absolute Gasteiger partial charge is 0.415 e. The Hall–Kier alpha value is -1.58. The van der Waals surface area contributed by atoms with Crippen LogP contribution in [-0.4, -0.2) is 29.1 Å². The maximum absolute atomic E-state index is 11.4. The standard InChI is InChI=1S/C10H12N2O2/c1-8-7-9(3-4-11-8)14-10(13)12-5-2-6-12/h3-4,7H,2,5-6H2,1H3. The van der Waals surface area contributed by atoms with E-state index in [-0.39, 0.29) is 6.09 Å². The first-order chi connectivity index (χ1) is 6.75. The number of likely N-dealkylation sites (tertiary alicyclic amines) is 1. The first kappa shape index (κ1) is 8.99. The van der Waals surface area contributed by atoms with Gasteiger partial charge in [-0.2, -0.15) is 0 Å². The topological polar surface area (TPSA) is 42.4 Å². The van der Waals surface area contributed by atoms with Crippen LogP contribution in [0.1, 0.15) is 12.1 Å². The van der Waals surface area contributed by atoms with Crippen molar-refractivity contribution in [1.82, 2.24) is 9.88 Å². The number of hydrogen-bond donors (Lipinski definition) is 0. The number of pyridine rings is 1. The summed E-state index contributed by atoms with van der Waals surface area (Å²) in [5, 5.41) is 0. The molecule has 4 nitrogen and oxygen atoms in total. The van der Waals surface area contributed by atoms with Gasteiger partial charge in [0.1, 0.15) is 5.75 Å². The average molecular weight is 192 g/mol. The van der Waals surface area contributed by atoms with Gasteiger partial charge >= 0.3 is 6.09 Å². The van der Waals surface area contributed by atoms with Gasteiger partial charge in [-0.25, -0.2) is 4.79 Å². The number of rotatable bonds is 1. The summed E-state index contributed by atoms with van der Waals surface area (Å²) < 4.78 is 5.15. The summed E-state index contributed by atoms with van der Waals surface area (Å²) in [4.78, 5) is 17.1. The Morgan fingerprint density at radius 2 is 2.36 bits per heavy atom. The van der Waals surface area contributed by atoms with Gasteiger partial charge < -0.3 is 9.64 Å². The number of ether oxygens (including phenoxy) is 1. The van der Waals surface area contributed by atoms with Crippen molar-refractivity contribution in [3.05, 3.63) is 24.0 Å². The molecule has 0 saturated carbocycles. The van der Waals surface area contributed by atoms with Crippen LogP contribution >= 0.6 is 0 Å². The van der Waals surface area contributed by atoms with Gasteiger partial charge in [0.2, 0.25) is 0 Å². The number of carbonyl (C=O) groups is 1. The van der Waals surface area contributed by atoms with Gasteiger partial charge in [-0.05, 0) is 19.4 Å². The fourth-order valence-electron chi connectivity index (χ4n) is 1.25. The van der Waals surface area contributed by atoms with E-state index in [1.165, 1.54) is 0 Å². The van der Waals surface area contributed by atoms with Crippen molar-refractivity contribution in [2.75, 3.05) is 13.1 Å².